The van der Waals surface area contributed by atoms with E-state index in [9.17, 15) is 4.79 Å². The molecule has 0 saturated carbocycles. The highest BCUT2D eigenvalue weighted by Gasteiger charge is 2.07. The highest BCUT2D eigenvalue weighted by molar-refractivity contribution is 6.32. The summed E-state index contributed by atoms with van der Waals surface area (Å²) in [5.41, 5.74) is 1.08. The summed E-state index contributed by atoms with van der Waals surface area (Å²) in [6.07, 6.45) is 3.21. The number of ether oxygens (including phenoxy) is 2. The molecule has 0 spiro atoms. The van der Waals surface area contributed by atoms with Crippen molar-refractivity contribution >= 4 is 17.3 Å². The predicted octanol–water partition coefficient (Wildman–Crippen LogP) is 1.47. The molecular weight excluding hydrogens is 308 g/mol. The third-order valence-corrected chi connectivity index (χ3v) is 3.26. The van der Waals surface area contributed by atoms with Gasteiger partial charge in [-0.2, -0.15) is 5.10 Å². The third-order valence-electron chi connectivity index (χ3n) is 2.90. The van der Waals surface area contributed by atoms with E-state index in [0.717, 1.165) is 5.56 Å². The zero-order chi connectivity index (χ0) is 15.9. The summed E-state index contributed by atoms with van der Waals surface area (Å²) in [6, 6.07) is 3.65. The molecule has 0 radical (unpaired) electrons. The molecule has 2 aromatic heterocycles. The van der Waals surface area contributed by atoms with Crippen LogP contribution in [0.15, 0.2) is 29.3 Å². The largest absolute Gasteiger partial charge is 0.475 e. The standard InChI is InChI=1S/C14H17ClN4O3/c1-19-14(20)13(15)11(9-18-19)16-7-10-3-4-12(17-8-10)22-6-5-21-2/h3-4,8-9,16H,5-7H2,1-2H3. The molecule has 0 aliphatic carbocycles. The smallest absolute Gasteiger partial charge is 0.287 e. The van der Waals surface area contributed by atoms with Gasteiger partial charge in [0.25, 0.3) is 5.56 Å². The summed E-state index contributed by atoms with van der Waals surface area (Å²) in [7, 11) is 3.16. The lowest BCUT2D eigenvalue weighted by Gasteiger charge is -2.09. The van der Waals surface area contributed by atoms with Gasteiger partial charge < -0.3 is 14.8 Å². The maximum Gasteiger partial charge on any atom is 0.287 e. The summed E-state index contributed by atoms with van der Waals surface area (Å²) in [6.45, 7) is 1.44. The van der Waals surface area contributed by atoms with E-state index in [1.54, 1.807) is 26.4 Å². The summed E-state index contributed by atoms with van der Waals surface area (Å²) >= 11 is 5.98. The van der Waals surface area contributed by atoms with Gasteiger partial charge in [-0.15, -0.1) is 0 Å². The van der Waals surface area contributed by atoms with Crippen molar-refractivity contribution in [1.82, 2.24) is 14.8 Å². The lowest BCUT2D eigenvalue weighted by Crippen LogP contribution is -2.21. The Bertz CT molecular complexity index is 673. The molecule has 2 heterocycles. The van der Waals surface area contributed by atoms with Gasteiger partial charge in [0, 0.05) is 33.0 Å². The van der Waals surface area contributed by atoms with Crippen LogP contribution < -0.4 is 15.6 Å². The van der Waals surface area contributed by atoms with Crippen LogP contribution in [0.1, 0.15) is 5.56 Å². The molecule has 0 unspecified atom stereocenters. The Balaban J connectivity index is 1.94. The van der Waals surface area contributed by atoms with E-state index >= 15 is 0 Å². The number of hydrogen-bond donors (Lipinski definition) is 1. The fraction of sp³-hybridized carbons (Fsp3) is 0.357. The topological polar surface area (TPSA) is 78.3 Å². The molecule has 0 fully saturated rings. The molecule has 2 aromatic rings. The van der Waals surface area contributed by atoms with Crippen molar-refractivity contribution < 1.29 is 9.47 Å². The van der Waals surface area contributed by atoms with E-state index in [1.807, 2.05) is 6.07 Å². The van der Waals surface area contributed by atoms with Crippen molar-refractivity contribution in [2.75, 3.05) is 25.6 Å². The number of halogens is 1. The zero-order valence-corrected chi connectivity index (χ0v) is 13.1. The van der Waals surface area contributed by atoms with Crippen LogP contribution in [0.3, 0.4) is 0 Å². The lowest BCUT2D eigenvalue weighted by atomic mass is 10.3. The van der Waals surface area contributed by atoms with Gasteiger partial charge in [0.2, 0.25) is 5.88 Å². The summed E-state index contributed by atoms with van der Waals surface area (Å²) < 4.78 is 11.5. The number of methoxy groups -OCH3 is 1. The van der Waals surface area contributed by atoms with Crippen molar-refractivity contribution in [1.29, 1.82) is 0 Å². The molecule has 0 aliphatic rings. The molecule has 1 N–H and O–H groups in total. The molecule has 118 valence electrons. The average molecular weight is 325 g/mol. The van der Waals surface area contributed by atoms with Gasteiger partial charge in [-0.1, -0.05) is 17.7 Å². The van der Waals surface area contributed by atoms with E-state index in [0.29, 0.717) is 31.3 Å². The number of aryl methyl sites for hydroxylation is 1. The second-order valence-corrected chi connectivity index (χ2v) is 4.88. The number of rotatable bonds is 7. The first-order valence-electron chi connectivity index (χ1n) is 6.64. The second-order valence-electron chi connectivity index (χ2n) is 4.50. The van der Waals surface area contributed by atoms with E-state index in [1.165, 1.54) is 10.9 Å². The minimum absolute atomic E-state index is 0.116. The Kier molecular flexibility index (Phi) is 5.74. The van der Waals surface area contributed by atoms with Crippen molar-refractivity contribution in [2.24, 2.45) is 7.05 Å². The van der Waals surface area contributed by atoms with Crippen LogP contribution in [0, 0.1) is 0 Å². The van der Waals surface area contributed by atoms with Gasteiger partial charge in [-0.3, -0.25) is 4.79 Å². The van der Waals surface area contributed by atoms with Crippen molar-refractivity contribution in [3.8, 4) is 5.88 Å². The van der Waals surface area contributed by atoms with Gasteiger partial charge >= 0.3 is 0 Å². The molecule has 0 saturated heterocycles. The van der Waals surface area contributed by atoms with Crippen LogP contribution >= 0.6 is 11.6 Å². The first kappa shape index (κ1) is 16.3. The van der Waals surface area contributed by atoms with E-state index in [4.69, 9.17) is 21.1 Å². The first-order valence-corrected chi connectivity index (χ1v) is 7.02. The monoisotopic (exact) mass is 324 g/mol. The number of aromatic nitrogens is 3. The maximum atomic E-state index is 11.7. The van der Waals surface area contributed by atoms with E-state index in [-0.39, 0.29) is 10.6 Å². The maximum absolute atomic E-state index is 11.7. The second kappa shape index (κ2) is 7.77. The van der Waals surface area contributed by atoms with Crippen molar-refractivity contribution in [3.63, 3.8) is 0 Å². The molecule has 0 atom stereocenters. The van der Waals surface area contributed by atoms with E-state index in [2.05, 4.69) is 15.4 Å². The highest BCUT2D eigenvalue weighted by Crippen LogP contribution is 2.16. The number of nitrogens with one attached hydrogen (secondary N) is 1. The van der Waals surface area contributed by atoms with E-state index < -0.39 is 0 Å². The number of anilines is 1. The summed E-state index contributed by atoms with van der Waals surface area (Å²) in [4.78, 5) is 15.8. The summed E-state index contributed by atoms with van der Waals surface area (Å²) in [5.74, 6) is 0.536. The molecular formula is C14H17ClN4O3. The highest BCUT2D eigenvalue weighted by atomic mass is 35.5. The molecule has 0 bridgehead atoms. The van der Waals surface area contributed by atoms with Crippen molar-refractivity contribution in [2.45, 2.75) is 6.54 Å². The van der Waals surface area contributed by atoms with Gasteiger partial charge in [-0.25, -0.2) is 9.67 Å². The van der Waals surface area contributed by atoms with Crippen LogP contribution in [0.5, 0.6) is 5.88 Å². The molecule has 22 heavy (non-hydrogen) atoms. The quantitative estimate of drug-likeness (QED) is 0.777. The normalized spacial score (nSPS) is 10.5. The molecule has 0 amide bonds. The van der Waals surface area contributed by atoms with Gasteiger partial charge in [-0.05, 0) is 5.56 Å². The number of hydrogen-bond acceptors (Lipinski definition) is 6. The average Bonchev–Trinajstić information content (AvgIpc) is 2.53. The van der Waals surface area contributed by atoms with Gasteiger partial charge in [0.1, 0.15) is 11.6 Å². The molecule has 0 aliphatic heterocycles. The van der Waals surface area contributed by atoms with Crippen LogP contribution in [-0.2, 0) is 18.3 Å². The Morgan fingerprint density at radius 1 is 1.32 bits per heavy atom. The predicted molar refractivity (Wildman–Crippen MR) is 83.4 cm³/mol. The van der Waals surface area contributed by atoms with Crippen molar-refractivity contribution in [3.05, 3.63) is 45.5 Å². The zero-order valence-electron chi connectivity index (χ0n) is 12.4. The van der Waals surface area contributed by atoms with Crippen LogP contribution in [0.4, 0.5) is 5.69 Å². The Hall–Kier alpha value is -2.12. The lowest BCUT2D eigenvalue weighted by molar-refractivity contribution is 0.143. The minimum Gasteiger partial charge on any atom is -0.475 e. The Morgan fingerprint density at radius 2 is 2.14 bits per heavy atom. The Labute approximate surface area is 132 Å². The Morgan fingerprint density at radius 3 is 2.82 bits per heavy atom. The number of pyridine rings is 1. The number of nitrogens with zero attached hydrogens (tertiary/aromatic N) is 3. The third kappa shape index (κ3) is 4.19. The molecule has 2 rings (SSSR count). The fourth-order valence-corrected chi connectivity index (χ4v) is 1.90. The van der Waals surface area contributed by atoms with Crippen LogP contribution in [-0.4, -0.2) is 35.1 Å². The minimum atomic E-state index is -0.341. The first-order chi connectivity index (χ1) is 10.6. The summed E-state index contributed by atoms with van der Waals surface area (Å²) in [5, 5.41) is 7.09. The SMILES string of the molecule is COCCOc1ccc(CNc2cnn(C)c(=O)c2Cl)cn1. The molecule has 8 heteroatoms. The van der Waals surface area contributed by atoms with Gasteiger partial charge in [0.05, 0.1) is 18.5 Å². The van der Waals surface area contributed by atoms with Crippen LogP contribution in [0.25, 0.3) is 0 Å². The van der Waals surface area contributed by atoms with Gasteiger partial charge in [0.15, 0.2) is 0 Å². The molecule has 0 aromatic carbocycles. The fourth-order valence-electron chi connectivity index (χ4n) is 1.66. The molecule has 7 nitrogen and oxygen atoms in total. The van der Waals surface area contributed by atoms with Crippen LogP contribution in [0.2, 0.25) is 5.02 Å².